The van der Waals surface area contributed by atoms with Gasteiger partial charge in [-0.05, 0) is 41.5 Å². The average molecular weight is 767 g/mol. The lowest BCUT2D eigenvalue weighted by molar-refractivity contribution is -0.385. The average Bonchev–Trinajstić information content (AvgIpc) is 3.14. The van der Waals surface area contributed by atoms with Crippen molar-refractivity contribution in [1.82, 2.24) is 10.2 Å². The van der Waals surface area contributed by atoms with Crippen molar-refractivity contribution >= 4 is 53.0 Å². The molecule has 2 amide bonds. The van der Waals surface area contributed by atoms with E-state index in [1.165, 1.54) is 60.0 Å². The van der Waals surface area contributed by atoms with Crippen LogP contribution in [0.25, 0.3) is 0 Å². The molecule has 3 aromatic carbocycles. The summed E-state index contributed by atoms with van der Waals surface area (Å²) >= 11 is 1.14. The molecule has 0 aromatic heterocycles. The smallest absolute Gasteiger partial charge is 0.407 e. The number of nitrogens with one attached hydrogen (secondary N) is 1. The standard InChI is InChI=1S/C35H34N4O14S/c40-29(20-24-8-4-5-9-26(24)39(49)50)53-52-28(15-12-22-6-2-1-3-7-22)30-27(37(32(30)41)31(33(42)43)34(44)45)16-18-54-19-17-36-35(46)51-21-23-10-13-25(14-11-23)38(47)48/h1-11,13-14,16,18,27-28,30-31H,12,15,17,19-21H2,(H,36,46)(H,42,43)(H,44,45)/t27-,28?,30+/m1/s1. The Hall–Kier alpha value is -6.34. The third kappa shape index (κ3) is 11.1. The van der Waals surface area contributed by atoms with Crippen LogP contribution in [-0.4, -0.2) is 85.4 Å². The van der Waals surface area contributed by atoms with Gasteiger partial charge in [-0.25, -0.2) is 19.2 Å². The fourth-order valence-electron chi connectivity index (χ4n) is 5.50. The van der Waals surface area contributed by atoms with Crippen LogP contribution in [0.15, 0.2) is 90.3 Å². The first kappa shape index (κ1) is 40.4. The molecule has 3 N–H and O–H groups in total. The zero-order valence-corrected chi connectivity index (χ0v) is 29.1. The molecule has 0 bridgehead atoms. The van der Waals surface area contributed by atoms with Crippen molar-refractivity contribution in [3.05, 3.63) is 127 Å². The number of alkyl carbamates (subject to hydrolysis) is 1. The largest absolute Gasteiger partial charge is 0.479 e. The molecular weight excluding hydrogens is 732 g/mol. The predicted octanol–water partition coefficient (Wildman–Crippen LogP) is 4.06. The van der Waals surface area contributed by atoms with Gasteiger partial charge in [-0.15, -0.1) is 11.8 Å². The minimum absolute atomic E-state index is 0.0543. The van der Waals surface area contributed by atoms with Crippen LogP contribution in [-0.2, 0) is 53.1 Å². The number of non-ortho nitro benzene ring substituents is 1. The molecule has 3 atom stereocenters. The van der Waals surface area contributed by atoms with E-state index < -0.39 is 70.3 Å². The summed E-state index contributed by atoms with van der Waals surface area (Å²) < 4.78 is 5.10. The van der Waals surface area contributed by atoms with Crippen molar-refractivity contribution in [2.45, 2.75) is 44.1 Å². The first-order chi connectivity index (χ1) is 25.9. The molecule has 18 nitrogen and oxygen atoms in total. The number of amides is 2. The van der Waals surface area contributed by atoms with E-state index >= 15 is 0 Å². The highest BCUT2D eigenvalue weighted by molar-refractivity contribution is 8.02. The Balaban J connectivity index is 1.42. The predicted molar refractivity (Wildman–Crippen MR) is 189 cm³/mol. The Morgan fingerprint density at radius 1 is 0.907 bits per heavy atom. The molecule has 0 spiro atoms. The molecule has 284 valence electrons. The molecule has 1 unspecified atom stereocenters. The first-order valence-electron chi connectivity index (χ1n) is 16.2. The Morgan fingerprint density at radius 2 is 1.57 bits per heavy atom. The zero-order chi connectivity index (χ0) is 39.2. The van der Waals surface area contributed by atoms with Gasteiger partial charge in [0.1, 0.15) is 12.7 Å². The number of carbonyl (C=O) groups excluding carboxylic acids is 3. The van der Waals surface area contributed by atoms with Crippen molar-refractivity contribution in [3.63, 3.8) is 0 Å². The third-order valence-electron chi connectivity index (χ3n) is 8.10. The number of nitro groups is 2. The molecule has 1 saturated heterocycles. The monoisotopic (exact) mass is 766 g/mol. The maximum atomic E-state index is 13.5. The fraction of sp³-hybridized carbons (Fsp3) is 0.286. The van der Waals surface area contributed by atoms with E-state index in [0.29, 0.717) is 16.9 Å². The zero-order valence-electron chi connectivity index (χ0n) is 28.3. The molecule has 1 aliphatic rings. The number of carbonyl (C=O) groups is 5. The lowest BCUT2D eigenvalue weighted by Crippen LogP contribution is -2.70. The van der Waals surface area contributed by atoms with Crippen molar-refractivity contribution in [2.75, 3.05) is 12.3 Å². The summed E-state index contributed by atoms with van der Waals surface area (Å²) in [6.45, 7) is -0.0246. The summed E-state index contributed by atoms with van der Waals surface area (Å²) in [6.07, 6.45) is -0.688. The number of likely N-dealkylation sites (tertiary alicyclic amines) is 1. The van der Waals surface area contributed by atoms with Crippen molar-refractivity contribution < 1.29 is 58.5 Å². The van der Waals surface area contributed by atoms with E-state index in [9.17, 15) is 54.4 Å². The lowest BCUT2D eigenvalue weighted by Gasteiger charge is -2.49. The van der Waals surface area contributed by atoms with Gasteiger partial charge in [0.25, 0.3) is 11.4 Å². The number of aryl methyl sites for hydroxylation is 1. The van der Waals surface area contributed by atoms with E-state index in [0.717, 1.165) is 17.3 Å². The van der Waals surface area contributed by atoms with Crippen LogP contribution in [0.5, 0.6) is 0 Å². The van der Waals surface area contributed by atoms with Crippen molar-refractivity contribution in [3.8, 4) is 0 Å². The number of carboxylic acid groups (broad SMARTS) is 2. The van der Waals surface area contributed by atoms with E-state index in [-0.39, 0.29) is 42.3 Å². The minimum atomic E-state index is -2.24. The van der Waals surface area contributed by atoms with Gasteiger partial charge >= 0.3 is 24.0 Å². The quantitative estimate of drug-likeness (QED) is 0.0366. The van der Waals surface area contributed by atoms with Crippen LogP contribution in [0.4, 0.5) is 16.2 Å². The molecular formula is C35H34N4O14S. The number of hydrogen-bond acceptors (Lipinski definition) is 13. The second-order valence-corrected chi connectivity index (χ2v) is 12.7. The molecule has 1 aliphatic heterocycles. The van der Waals surface area contributed by atoms with Crippen LogP contribution in [0.3, 0.4) is 0 Å². The normalized spacial score (nSPS) is 15.6. The fourth-order valence-corrected chi connectivity index (χ4v) is 6.13. The molecule has 19 heteroatoms. The first-order valence-corrected chi connectivity index (χ1v) is 17.2. The second kappa shape index (κ2) is 19.5. The number of carboxylic acids is 2. The Bertz CT molecular complexity index is 1860. The Morgan fingerprint density at radius 3 is 2.22 bits per heavy atom. The maximum Gasteiger partial charge on any atom is 0.407 e. The number of nitro benzene ring substituents is 2. The van der Waals surface area contributed by atoms with Crippen LogP contribution in [0.1, 0.15) is 23.1 Å². The van der Waals surface area contributed by atoms with Gasteiger partial charge < -0.3 is 25.2 Å². The summed E-state index contributed by atoms with van der Waals surface area (Å²) in [6, 6.07) is 16.6. The summed E-state index contributed by atoms with van der Waals surface area (Å²) in [5, 5.41) is 45.6. The van der Waals surface area contributed by atoms with Crippen LogP contribution >= 0.6 is 11.8 Å². The van der Waals surface area contributed by atoms with E-state index in [1.54, 1.807) is 18.2 Å². The summed E-state index contributed by atoms with van der Waals surface area (Å²) in [5.41, 5.74) is 0.993. The van der Waals surface area contributed by atoms with Crippen LogP contribution in [0.2, 0.25) is 0 Å². The third-order valence-corrected chi connectivity index (χ3v) is 8.89. The number of thioether (sulfide) groups is 1. The van der Waals surface area contributed by atoms with Gasteiger partial charge in [0.2, 0.25) is 11.9 Å². The van der Waals surface area contributed by atoms with Gasteiger partial charge in [0.15, 0.2) is 0 Å². The molecule has 3 aromatic rings. The molecule has 0 saturated carbocycles. The molecule has 54 heavy (non-hydrogen) atoms. The van der Waals surface area contributed by atoms with Crippen molar-refractivity contribution in [2.24, 2.45) is 5.92 Å². The maximum absolute atomic E-state index is 13.5. The molecule has 1 heterocycles. The van der Waals surface area contributed by atoms with E-state index in [2.05, 4.69) is 5.32 Å². The minimum Gasteiger partial charge on any atom is -0.479 e. The Labute approximate surface area is 310 Å². The number of rotatable bonds is 20. The number of aliphatic carboxylic acids is 2. The highest BCUT2D eigenvalue weighted by Crippen LogP contribution is 2.37. The molecule has 0 radical (unpaired) electrons. The SMILES string of the molecule is O=C(Cc1ccccc1[N+](=O)[O-])OOC(CCc1ccccc1)[C@H]1C(=O)N(C(C(=O)O)C(=O)O)[C@@H]1C=CSCCNC(=O)OCc1ccc([N+](=O)[O-])cc1. The highest BCUT2D eigenvalue weighted by Gasteiger charge is 2.57. The topological polar surface area (TPSA) is 255 Å². The number of β-lactam (4-membered cyclic amide) rings is 1. The molecule has 4 rings (SSSR count). The number of nitrogens with zero attached hydrogens (tertiary/aromatic N) is 3. The number of hydrogen-bond donors (Lipinski definition) is 3. The van der Waals surface area contributed by atoms with Crippen LogP contribution < -0.4 is 5.32 Å². The van der Waals surface area contributed by atoms with Gasteiger partial charge in [0, 0.05) is 36.1 Å². The second-order valence-electron chi connectivity index (χ2n) is 11.6. The van der Waals surface area contributed by atoms with E-state index in [1.807, 2.05) is 12.1 Å². The van der Waals surface area contributed by atoms with Gasteiger partial charge in [0.05, 0.1) is 28.2 Å². The number of para-hydroxylation sites is 1. The van der Waals surface area contributed by atoms with Gasteiger partial charge in [-0.1, -0.05) is 54.6 Å². The molecule has 1 fully saturated rings. The highest BCUT2D eigenvalue weighted by atomic mass is 32.2. The van der Waals surface area contributed by atoms with Gasteiger partial charge in [-0.3, -0.25) is 29.9 Å². The van der Waals surface area contributed by atoms with E-state index in [4.69, 9.17) is 14.5 Å². The van der Waals surface area contributed by atoms with Crippen LogP contribution in [0, 0.1) is 26.1 Å². The van der Waals surface area contributed by atoms with Gasteiger partial charge in [-0.2, -0.15) is 4.89 Å². The number of benzene rings is 3. The number of ether oxygens (including phenoxy) is 1. The Kier molecular flexibility index (Phi) is 14.6. The van der Waals surface area contributed by atoms with Crippen molar-refractivity contribution in [1.29, 1.82) is 0 Å². The lowest BCUT2D eigenvalue weighted by atomic mass is 9.79. The molecule has 0 aliphatic carbocycles. The summed E-state index contributed by atoms with van der Waals surface area (Å²) in [7, 11) is 0. The summed E-state index contributed by atoms with van der Waals surface area (Å²) in [5.74, 6) is -6.38. The summed E-state index contributed by atoms with van der Waals surface area (Å²) in [4.78, 5) is 94.5.